The van der Waals surface area contributed by atoms with Crippen LogP contribution in [0.2, 0.25) is 0 Å². The first kappa shape index (κ1) is 12.9. The quantitative estimate of drug-likeness (QED) is 0.316. The van der Waals surface area contributed by atoms with E-state index in [0.717, 1.165) is 0 Å². The number of nitrogens with two attached hydrogens (primary N) is 3. The van der Waals surface area contributed by atoms with Gasteiger partial charge >= 0.3 is 0 Å². The van der Waals surface area contributed by atoms with Crippen LogP contribution >= 0.6 is 15.9 Å². The molecule has 0 saturated heterocycles. The molecule has 0 aliphatic heterocycles. The average molecular weight is 301 g/mol. The number of hydrogen-bond acceptors (Lipinski definition) is 3. The number of aliphatic imine (C=N–C) groups is 2. The van der Waals surface area contributed by atoms with Crippen LogP contribution in [-0.4, -0.2) is 16.8 Å². The molecule has 9 heteroatoms. The fraction of sp³-hybridized carbons (Fsp3) is 0. The van der Waals surface area contributed by atoms with Gasteiger partial charge in [-0.1, -0.05) is 0 Å². The third-order valence-corrected chi connectivity index (χ3v) is 2.26. The van der Waals surface area contributed by atoms with Crippen LogP contribution in [0.25, 0.3) is 0 Å². The van der Waals surface area contributed by atoms with Gasteiger partial charge < -0.3 is 17.2 Å². The lowest BCUT2D eigenvalue weighted by Gasteiger charge is -1.99. The topological polar surface area (TPSA) is 146 Å². The Morgan fingerprint density at radius 2 is 2.00 bits per heavy atom. The van der Waals surface area contributed by atoms with Crippen LogP contribution in [0.5, 0.6) is 0 Å². The highest BCUT2D eigenvalue weighted by Gasteiger charge is 2.08. The Bertz CT molecular complexity index is 509. The van der Waals surface area contributed by atoms with E-state index in [1.807, 2.05) is 0 Å². The Morgan fingerprint density at radius 1 is 1.35 bits per heavy atom. The van der Waals surface area contributed by atoms with Crippen LogP contribution in [0.15, 0.2) is 32.7 Å². The summed E-state index contributed by atoms with van der Waals surface area (Å²) in [4.78, 5) is 17.4. The van der Waals surface area contributed by atoms with E-state index in [-0.39, 0.29) is 17.6 Å². The van der Waals surface area contributed by atoms with Crippen LogP contribution in [0.1, 0.15) is 0 Å². The molecule has 17 heavy (non-hydrogen) atoms. The van der Waals surface area contributed by atoms with Crippen LogP contribution in [0.3, 0.4) is 0 Å². The van der Waals surface area contributed by atoms with Crippen LogP contribution < -0.4 is 17.2 Å². The second kappa shape index (κ2) is 5.25. The molecule has 0 aromatic heterocycles. The number of nitro benzene ring substituents is 1. The van der Waals surface area contributed by atoms with E-state index in [1.54, 1.807) is 0 Å². The Hall–Kier alpha value is -2.16. The van der Waals surface area contributed by atoms with Gasteiger partial charge in [0.1, 0.15) is 0 Å². The average Bonchev–Trinajstić information content (AvgIpc) is 2.19. The first-order chi connectivity index (χ1) is 7.90. The molecule has 90 valence electrons. The van der Waals surface area contributed by atoms with Crippen molar-refractivity contribution in [2.24, 2.45) is 27.2 Å². The lowest BCUT2D eigenvalue weighted by Crippen LogP contribution is -2.26. The van der Waals surface area contributed by atoms with Gasteiger partial charge in [0.05, 0.1) is 15.1 Å². The fourth-order valence-electron chi connectivity index (χ4n) is 0.981. The number of nitro groups is 1. The lowest BCUT2D eigenvalue weighted by atomic mass is 10.3. The highest BCUT2D eigenvalue weighted by molar-refractivity contribution is 9.10. The summed E-state index contributed by atoms with van der Waals surface area (Å²) in [5.41, 5.74) is 16.0. The highest BCUT2D eigenvalue weighted by atomic mass is 79.9. The molecule has 1 aromatic carbocycles. The summed E-state index contributed by atoms with van der Waals surface area (Å²) >= 11 is 3.13. The van der Waals surface area contributed by atoms with E-state index < -0.39 is 4.92 Å². The zero-order valence-corrected chi connectivity index (χ0v) is 10.1. The summed E-state index contributed by atoms with van der Waals surface area (Å²) in [6, 6.07) is 4.03. The van der Waals surface area contributed by atoms with Crippen molar-refractivity contribution in [2.45, 2.75) is 0 Å². The number of non-ortho nitro benzene ring substituents is 1. The van der Waals surface area contributed by atoms with Gasteiger partial charge in [-0.2, -0.15) is 4.99 Å². The number of benzene rings is 1. The van der Waals surface area contributed by atoms with Crippen molar-refractivity contribution in [3.8, 4) is 0 Å². The van der Waals surface area contributed by atoms with Crippen molar-refractivity contribution in [3.05, 3.63) is 32.8 Å². The number of hydrogen-bond donors (Lipinski definition) is 3. The maximum Gasteiger partial charge on any atom is 0.270 e. The van der Waals surface area contributed by atoms with Gasteiger partial charge in [0.15, 0.2) is 5.96 Å². The van der Waals surface area contributed by atoms with E-state index in [2.05, 4.69) is 25.9 Å². The van der Waals surface area contributed by atoms with Crippen molar-refractivity contribution in [1.82, 2.24) is 0 Å². The molecule has 8 nitrogen and oxygen atoms in total. The minimum atomic E-state index is -0.516. The predicted molar refractivity (Wildman–Crippen MR) is 67.9 cm³/mol. The predicted octanol–water partition coefficient (Wildman–Crippen LogP) is 0.577. The van der Waals surface area contributed by atoms with Crippen molar-refractivity contribution in [3.63, 3.8) is 0 Å². The molecule has 0 heterocycles. The van der Waals surface area contributed by atoms with Crippen molar-refractivity contribution < 1.29 is 4.92 Å². The van der Waals surface area contributed by atoms with E-state index in [4.69, 9.17) is 17.2 Å². The zero-order chi connectivity index (χ0) is 13.0. The van der Waals surface area contributed by atoms with Gasteiger partial charge in [-0.15, -0.1) is 0 Å². The molecule has 0 saturated carbocycles. The number of rotatable bonds is 2. The van der Waals surface area contributed by atoms with Gasteiger partial charge in [0, 0.05) is 12.1 Å². The summed E-state index contributed by atoms with van der Waals surface area (Å²) in [7, 11) is 0. The molecular weight excluding hydrogens is 292 g/mol. The van der Waals surface area contributed by atoms with Gasteiger partial charge in [-0.3, -0.25) is 10.1 Å². The van der Waals surface area contributed by atoms with E-state index >= 15 is 0 Å². The highest BCUT2D eigenvalue weighted by Crippen LogP contribution is 2.29. The van der Waals surface area contributed by atoms with Crippen LogP contribution in [0.4, 0.5) is 11.4 Å². The minimum Gasteiger partial charge on any atom is -0.370 e. The summed E-state index contributed by atoms with van der Waals surface area (Å²) in [6.07, 6.45) is 0. The Balaban J connectivity index is 3.09. The van der Waals surface area contributed by atoms with Crippen molar-refractivity contribution in [2.75, 3.05) is 0 Å². The monoisotopic (exact) mass is 300 g/mol. The fourth-order valence-corrected chi connectivity index (χ4v) is 1.44. The first-order valence-corrected chi connectivity index (χ1v) is 5.07. The molecule has 0 bridgehead atoms. The first-order valence-electron chi connectivity index (χ1n) is 4.28. The largest absolute Gasteiger partial charge is 0.370 e. The smallest absolute Gasteiger partial charge is 0.270 e. The molecule has 0 spiro atoms. The van der Waals surface area contributed by atoms with E-state index in [9.17, 15) is 10.1 Å². The second-order valence-corrected chi connectivity index (χ2v) is 3.75. The molecular formula is C8H9BrN6O2. The Kier molecular flexibility index (Phi) is 3.99. The van der Waals surface area contributed by atoms with E-state index in [0.29, 0.717) is 10.2 Å². The molecule has 0 unspecified atom stereocenters. The molecule has 0 amide bonds. The summed E-state index contributed by atoms with van der Waals surface area (Å²) < 4.78 is 0.417. The minimum absolute atomic E-state index is 0.0590. The maximum atomic E-state index is 10.5. The Morgan fingerprint density at radius 3 is 2.47 bits per heavy atom. The molecule has 0 fully saturated rings. The number of halogens is 1. The SMILES string of the molecule is NC(N)=NC(N)=Nc1ccc([N+](=O)[O-])cc1Br. The van der Waals surface area contributed by atoms with Gasteiger partial charge in [0.2, 0.25) is 5.96 Å². The summed E-state index contributed by atoms with van der Waals surface area (Å²) in [5.74, 6) is -0.358. The Labute approximate surface area is 104 Å². The standard InChI is InChI=1S/C8H9BrN6O2/c9-5-3-4(15(16)17)1-2-6(5)13-8(12)14-7(10)11/h1-3H,(H6,10,11,12,13,14). The third kappa shape index (κ3) is 3.72. The van der Waals surface area contributed by atoms with Gasteiger partial charge in [-0.05, 0) is 22.0 Å². The van der Waals surface area contributed by atoms with Crippen molar-refractivity contribution in [1.29, 1.82) is 0 Å². The van der Waals surface area contributed by atoms with Gasteiger partial charge in [-0.25, -0.2) is 4.99 Å². The number of nitrogens with zero attached hydrogens (tertiary/aromatic N) is 3. The third-order valence-electron chi connectivity index (χ3n) is 1.62. The summed E-state index contributed by atoms with van der Waals surface area (Å²) in [6.45, 7) is 0. The van der Waals surface area contributed by atoms with Gasteiger partial charge in [0.25, 0.3) is 5.69 Å². The molecule has 0 radical (unpaired) electrons. The molecule has 1 rings (SSSR count). The molecule has 1 aromatic rings. The van der Waals surface area contributed by atoms with Crippen LogP contribution in [-0.2, 0) is 0 Å². The number of guanidine groups is 2. The maximum absolute atomic E-state index is 10.5. The second-order valence-electron chi connectivity index (χ2n) is 2.90. The molecule has 0 atom stereocenters. The summed E-state index contributed by atoms with van der Waals surface area (Å²) in [5, 5.41) is 10.5. The molecule has 0 aliphatic carbocycles. The van der Waals surface area contributed by atoms with Crippen molar-refractivity contribution >= 4 is 39.2 Å². The van der Waals surface area contributed by atoms with Crippen LogP contribution in [0, 0.1) is 10.1 Å². The normalized spacial score (nSPS) is 11.0. The molecule has 6 N–H and O–H groups in total. The van der Waals surface area contributed by atoms with E-state index in [1.165, 1.54) is 18.2 Å². The molecule has 0 aliphatic rings. The zero-order valence-electron chi connectivity index (χ0n) is 8.50. The lowest BCUT2D eigenvalue weighted by molar-refractivity contribution is -0.384.